The van der Waals surface area contributed by atoms with Crippen LogP contribution in [0, 0.1) is 5.92 Å². The minimum atomic E-state index is -0.423. The first-order chi connectivity index (χ1) is 13.5. The highest BCUT2D eigenvalue weighted by Crippen LogP contribution is 2.27. The SMILES string of the molecule is CC[C@H](C)[C@@H](NC(=O)c1ccccc1Cl)c1nc(-c2ccc(OC)cc2)no1. The molecule has 1 N–H and O–H groups in total. The van der Waals surface area contributed by atoms with E-state index in [0.717, 1.165) is 17.7 Å². The number of methoxy groups -OCH3 is 1. The number of amides is 1. The molecule has 0 radical (unpaired) electrons. The fraction of sp³-hybridized carbons (Fsp3) is 0.286. The summed E-state index contributed by atoms with van der Waals surface area (Å²) in [7, 11) is 1.61. The van der Waals surface area contributed by atoms with Gasteiger partial charge in [0.25, 0.3) is 5.91 Å². The molecule has 1 amide bonds. The van der Waals surface area contributed by atoms with Crippen LogP contribution in [0.15, 0.2) is 53.1 Å². The van der Waals surface area contributed by atoms with Crippen LogP contribution in [-0.2, 0) is 0 Å². The van der Waals surface area contributed by atoms with Gasteiger partial charge < -0.3 is 14.6 Å². The maximum absolute atomic E-state index is 12.7. The van der Waals surface area contributed by atoms with E-state index in [2.05, 4.69) is 15.5 Å². The summed E-state index contributed by atoms with van der Waals surface area (Å²) in [6, 6.07) is 13.9. The molecular formula is C21H22ClN3O3. The first-order valence-electron chi connectivity index (χ1n) is 9.07. The molecule has 0 unspecified atom stereocenters. The molecule has 28 heavy (non-hydrogen) atoms. The van der Waals surface area contributed by atoms with Crippen LogP contribution in [0.25, 0.3) is 11.4 Å². The highest BCUT2D eigenvalue weighted by atomic mass is 35.5. The predicted molar refractivity (Wildman–Crippen MR) is 107 cm³/mol. The standard InChI is InChI=1S/C21H22ClN3O3/c1-4-13(2)18(23-20(26)16-7-5-6-8-17(16)22)21-24-19(25-28-21)14-9-11-15(27-3)12-10-14/h5-13,18H,4H2,1-3H3,(H,23,26)/t13-,18+/m0/s1. The van der Waals surface area contributed by atoms with Crippen molar-refractivity contribution in [1.82, 2.24) is 15.5 Å². The van der Waals surface area contributed by atoms with Gasteiger partial charge >= 0.3 is 0 Å². The quantitative estimate of drug-likeness (QED) is 0.610. The van der Waals surface area contributed by atoms with Crippen molar-refractivity contribution in [3.05, 3.63) is 65.0 Å². The molecule has 0 spiro atoms. The fourth-order valence-electron chi connectivity index (χ4n) is 2.77. The van der Waals surface area contributed by atoms with Crippen LogP contribution < -0.4 is 10.1 Å². The number of carbonyl (C=O) groups excluding carboxylic acids is 1. The van der Waals surface area contributed by atoms with Gasteiger partial charge in [-0.3, -0.25) is 4.79 Å². The van der Waals surface area contributed by atoms with Gasteiger partial charge in [-0.15, -0.1) is 0 Å². The second-order valence-electron chi connectivity index (χ2n) is 6.50. The van der Waals surface area contributed by atoms with Gasteiger partial charge in [-0.2, -0.15) is 4.98 Å². The minimum Gasteiger partial charge on any atom is -0.497 e. The number of hydrogen-bond acceptors (Lipinski definition) is 5. The molecule has 1 heterocycles. The van der Waals surface area contributed by atoms with Crippen LogP contribution in [0.4, 0.5) is 0 Å². The van der Waals surface area contributed by atoms with E-state index in [1.54, 1.807) is 31.4 Å². The second kappa shape index (κ2) is 8.89. The van der Waals surface area contributed by atoms with E-state index in [9.17, 15) is 4.79 Å². The van der Waals surface area contributed by atoms with E-state index >= 15 is 0 Å². The molecule has 7 heteroatoms. The fourth-order valence-corrected chi connectivity index (χ4v) is 2.99. The van der Waals surface area contributed by atoms with Crippen molar-refractivity contribution < 1.29 is 14.1 Å². The lowest BCUT2D eigenvalue weighted by molar-refractivity contribution is 0.0910. The van der Waals surface area contributed by atoms with E-state index in [-0.39, 0.29) is 11.8 Å². The molecule has 3 rings (SSSR count). The number of carbonyl (C=O) groups is 1. The van der Waals surface area contributed by atoms with Gasteiger partial charge in [0.1, 0.15) is 11.8 Å². The molecule has 6 nitrogen and oxygen atoms in total. The second-order valence-corrected chi connectivity index (χ2v) is 6.91. The lowest BCUT2D eigenvalue weighted by Crippen LogP contribution is -2.33. The first kappa shape index (κ1) is 19.9. The van der Waals surface area contributed by atoms with Crippen molar-refractivity contribution in [1.29, 1.82) is 0 Å². The lowest BCUT2D eigenvalue weighted by Gasteiger charge is -2.21. The zero-order valence-corrected chi connectivity index (χ0v) is 16.7. The van der Waals surface area contributed by atoms with Gasteiger partial charge in [0, 0.05) is 5.56 Å². The molecule has 0 aliphatic heterocycles. The van der Waals surface area contributed by atoms with Crippen LogP contribution in [0.2, 0.25) is 5.02 Å². The normalized spacial score (nSPS) is 13.0. The summed E-state index contributed by atoms with van der Waals surface area (Å²) in [6.45, 7) is 4.06. The molecule has 1 aromatic heterocycles. The molecule has 0 saturated carbocycles. The Labute approximate surface area is 168 Å². The van der Waals surface area contributed by atoms with Gasteiger partial charge in [-0.1, -0.05) is 49.2 Å². The summed E-state index contributed by atoms with van der Waals surface area (Å²) in [5.41, 5.74) is 1.21. The van der Waals surface area contributed by atoms with Crippen LogP contribution in [0.1, 0.15) is 42.6 Å². The van der Waals surface area contributed by atoms with Crippen molar-refractivity contribution in [2.75, 3.05) is 7.11 Å². The molecule has 0 bridgehead atoms. The van der Waals surface area contributed by atoms with Crippen molar-refractivity contribution >= 4 is 17.5 Å². The average molecular weight is 400 g/mol. The molecule has 0 aliphatic carbocycles. The van der Waals surface area contributed by atoms with Gasteiger partial charge in [0.15, 0.2) is 0 Å². The third-order valence-electron chi connectivity index (χ3n) is 4.67. The molecule has 0 fully saturated rings. The van der Waals surface area contributed by atoms with E-state index in [1.807, 2.05) is 38.1 Å². The largest absolute Gasteiger partial charge is 0.497 e. The number of nitrogens with zero attached hydrogens (tertiary/aromatic N) is 2. The molecule has 0 saturated heterocycles. The Balaban J connectivity index is 1.85. The summed E-state index contributed by atoms with van der Waals surface area (Å²) >= 11 is 6.15. The molecule has 3 aromatic rings. The van der Waals surface area contributed by atoms with Gasteiger partial charge in [-0.05, 0) is 42.3 Å². The molecule has 2 aromatic carbocycles. The summed E-state index contributed by atoms with van der Waals surface area (Å²) in [5, 5.41) is 7.45. The summed E-state index contributed by atoms with van der Waals surface area (Å²) in [6.07, 6.45) is 0.827. The third-order valence-corrected chi connectivity index (χ3v) is 5.00. The number of ether oxygens (including phenoxy) is 1. The highest BCUT2D eigenvalue weighted by Gasteiger charge is 2.27. The Kier molecular flexibility index (Phi) is 6.31. The predicted octanol–water partition coefficient (Wildman–Crippen LogP) is 4.92. The van der Waals surface area contributed by atoms with Gasteiger partial charge in [0.2, 0.25) is 11.7 Å². The van der Waals surface area contributed by atoms with Crippen LogP contribution in [0.3, 0.4) is 0 Å². The third kappa shape index (κ3) is 4.34. The van der Waals surface area contributed by atoms with Crippen molar-refractivity contribution in [2.45, 2.75) is 26.3 Å². The Morgan fingerprint density at radius 2 is 1.93 bits per heavy atom. The molecule has 2 atom stereocenters. The lowest BCUT2D eigenvalue weighted by atomic mass is 9.98. The monoisotopic (exact) mass is 399 g/mol. The van der Waals surface area contributed by atoms with E-state index in [1.165, 1.54) is 0 Å². The average Bonchev–Trinajstić information content (AvgIpc) is 3.21. The summed E-state index contributed by atoms with van der Waals surface area (Å²) in [5.74, 6) is 1.38. The van der Waals surface area contributed by atoms with E-state index in [0.29, 0.717) is 22.3 Å². The van der Waals surface area contributed by atoms with Gasteiger partial charge in [0.05, 0.1) is 17.7 Å². The first-order valence-corrected chi connectivity index (χ1v) is 9.44. The van der Waals surface area contributed by atoms with E-state index in [4.69, 9.17) is 20.9 Å². The number of hydrogen-bond donors (Lipinski definition) is 1. The molecule has 146 valence electrons. The topological polar surface area (TPSA) is 77.2 Å². The maximum Gasteiger partial charge on any atom is 0.253 e. The van der Waals surface area contributed by atoms with E-state index < -0.39 is 6.04 Å². The Hall–Kier alpha value is -2.86. The van der Waals surface area contributed by atoms with Crippen molar-refractivity contribution in [2.24, 2.45) is 5.92 Å². The number of halogens is 1. The smallest absolute Gasteiger partial charge is 0.253 e. The number of nitrogens with one attached hydrogen (secondary N) is 1. The number of benzene rings is 2. The Morgan fingerprint density at radius 3 is 2.57 bits per heavy atom. The number of aromatic nitrogens is 2. The van der Waals surface area contributed by atoms with Crippen molar-refractivity contribution in [3.63, 3.8) is 0 Å². The zero-order valence-electron chi connectivity index (χ0n) is 16.0. The molecular weight excluding hydrogens is 378 g/mol. The summed E-state index contributed by atoms with van der Waals surface area (Å²) < 4.78 is 10.7. The van der Waals surface area contributed by atoms with Gasteiger partial charge in [-0.25, -0.2) is 0 Å². The number of rotatable bonds is 7. The van der Waals surface area contributed by atoms with Crippen LogP contribution in [0.5, 0.6) is 5.75 Å². The Bertz CT molecular complexity index is 940. The van der Waals surface area contributed by atoms with Crippen LogP contribution in [-0.4, -0.2) is 23.2 Å². The highest BCUT2D eigenvalue weighted by molar-refractivity contribution is 6.33. The molecule has 0 aliphatic rings. The van der Waals surface area contributed by atoms with Crippen molar-refractivity contribution in [3.8, 4) is 17.1 Å². The zero-order chi connectivity index (χ0) is 20.1. The maximum atomic E-state index is 12.7. The van der Waals surface area contributed by atoms with Crippen LogP contribution >= 0.6 is 11.6 Å². The Morgan fingerprint density at radius 1 is 1.21 bits per heavy atom. The minimum absolute atomic E-state index is 0.0932. The summed E-state index contributed by atoms with van der Waals surface area (Å²) in [4.78, 5) is 17.2.